The third-order valence-corrected chi connectivity index (χ3v) is 13.9. The van der Waals surface area contributed by atoms with Crippen LogP contribution in [0.4, 0.5) is 17.1 Å². The SMILES string of the molecule is CC1(C)c2ccccc2-c2cc(-c3cccc(N(c4ccc(-c5cccc6c5sc5ccccc56)cc4)c4cccc5c4C(C)(C)c4ccccc4-5)c3)ccc21. The molecular weight excluding hydrogens is 695 g/mol. The van der Waals surface area contributed by atoms with E-state index in [1.807, 2.05) is 11.3 Å². The number of rotatable bonds is 5. The molecule has 11 rings (SSSR count). The van der Waals surface area contributed by atoms with Crippen molar-refractivity contribution in [3.63, 3.8) is 0 Å². The van der Waals surface area contributed by atoms with E-state index in [1.165, 1.54) is 92.6 Å². The van der Waals surface area contributed by atoms with Gasteiger partial charge in [0.25, 0.3) is 0 Å². The Morgan fingerprint density at radius 3 is 1.80 bits per heavy atom. The van der Waals surface area contributed by atoms with Gasteiger partial charge in [0.2, 0.25) is 0 Å². The first-order chi connectivity index (χ1) is 27.3. The molecule has 0 N–H and O–H groups in total. The number of benzene rings is 8. The van der Waals surface area contributed by atoms with E-state index in [0.717, 1.165) is 11.4 Å². The van der Waals surface area contributed by atoms with Gasteiger partial charge >= 0.3 is 0 Å². The van der Waals surface area contributed by atoms with Crippen LogP contribution in [0.3, 0.4) is 0 Å². The van der Waals surface area contributed by atoms with Crippen LogP contribution in [0, 0.1) is 0 Å². The summed E-state index contributed by atoms with van der Waals surface area (Å²) in [6.07, 6.45) is 0. The largest absolute Gasteiger partial charge is 0.310 e. The molecule has 0 atom stereocenters. The van der Waals surface area contributed by atoms with E-state index < -0.39 is 0 Å². The summed E-state index contributed by atoms with van der Waals surface area (Å²) in [4.78, 5) is 2.49. The Kier molecular flexibility index (Phi) is 7.18. The van der Waals surface area contributed by atoms with Crippen molar-refractivity contribution in [2.45, 2.75) is 38.5 Å². The van der Waals surface area contributed by atoms with Crippen LogP contribution < -0.4 is 4.90 Å². The first-order valence-electron chi connectivity index (χ1n) is 19.7. The molecule has 2 aliphatic rings. The maximum Gasteiger partial charge on any atom is 0.0508 e. The van der Waals surface area contributed by atoms with Gasteiger partial charge in [-0.3, -0.25) is 0 Å². The normalized spacial score (nSPS) is 14.4. The first-order valence-corrected chi connectivity index (χ1v) is 20.5. The van der Waals surface area contributed by atoms with Gasteiger partial charge in [-0.25, -0.2) is 0 Å². The molecule has 0 saturated carbocycles. The van der Waals surface area contributed by atoms with Gasteiger partial charge in [0, 0.05) is 42.4 Å². The van der Waals surface area contributed by atoms with Crippen LogP contribution in [0.2, 0.25) is 0 Å². The van der Waals surface area contributed by atoms with E-state index >= 15 is 0 Å². The van der Waals surface area contributed by atoms with Gasteiger partial charge < -0.3 is 4.90 Å². The van der Waals surface area contributed by atoms with Gasteiger partial charge in [-0.15, -0.1) is 11.3 Å². The quantitative estimate of drug-likeness (QED) is 0.170. The van der Waals surface area contributed by atoms with Gasteiger partial charge in [0.1, 0.15) is 0 Å². The smallest absolute Gasteiger partial charge is 0.0508 e. The summed E-state index contributed by atoms with van der Waals surface area (Å²) in [5.74, 6) is 0. The molecule has 2 heteroatoms. The standard InChI is InChI=1S/C54H41NS/c1-53(2)46-22-8-6-17-41(46)45-33-36(28-31-48(45)53)35-14-11-15-38(32-35)55(49-24-13-20-43-40-16-5-9-23-47(40)54(3,4)51(43)49)37-29-26-34(27-30-37)39-19-12-21-44-42-18-7-10-25-50(42)56-52(39)44/h5-33H,1-4H3. The van der Waals surface area contributed by atoms with Crippen molar-refractivity contribution in [3.05, 3.63) is 198 Å². The van der Waals surface area contributed by atoms with Gasteiger partial charge in [0.15, 0.2) is 0 Å². The second kappa shape index (κ2) is 12.1. The molecule has 8 aromatic carbocycles. The maximum atomic E-state index is 2.49. The minimum Gasteiger partial charge on any atom is -0.310 e. The highest BCUT2D eigenvalue weighted by molar-refractivity contribution is 7.26. The fraction of sp³-hybridized carbons (Fsp3) is 0.111. The van der Waals surface area contributed by atoms with E-state index in [0.29, 0.717) is 0 Å². The van der Waals surface area contributed by atoms with E-state index in [4.69, 9.17) is 0 Å². The van der Waals surface area contributed by atoms with Crippen molar-refractivity contribution < 1.29 is 0 Å². The Hall–Kier alpha value is -6.22. The summed E-state index contributed by atoms with van der Waals surface area (Å²) in [7, 11) is 0. The molecule has 9 aromatic rings. The minimum absolute atomic E-state index is 0.0180. The molecule has 56 heavy (non-hydrogen) atoms. The Labute approximate surface area is 333 Å². The Balaban J connectivity index is 1.07. The molecule has 1 nitrogen and oxygen atoms in total. The Morgan fingerprint density at radius 2 is 0.982 bits per heavy atom. The summed E-state index contributed by atoms with van der Waals surface area (Å²) in [6, 6.07) is 65.7. The van der Waals surface area contributed by atoms with Crippen molar-refractivity contribution >= 4 is 48.6 Å². The summed E-state index contributed by atoms with van der Waals surface area (Å²) in [6.45, 7) is 9.47. The molecule has 0 saturated heterocycles. The highest BCUT2D eigenvalue weighted by Gasteiger charge is 2.39. The monoisotopic (exact) mass is 735 g/mol. The van der Waals surface area contributed by atoms with Crippen LogP contribution in [-0.4, -0.2) is 0 Å². The molecule has 0 bridgehead atoms. The summed E-state index contributed by atoms with van der Waals surface area (Å²) in [5, 5.41) is 2.65. The summed E-state index contributed by atoms with van der Waals surface area (Å²) >= 11 is 1.89. The van der Waals surface area contributed by atoms with E-state index in [9.17, 15) is 0 Å². The average molecular weight is 736 g/mol. The van der Waals surface area contributed by atoms with Crippen molar-refractivity contribution in [1.29, 1.82) is 0 Å². The highest BCUT2D eigenvalue weighted by atomic mass is 32.1. The van der Waals surface area contributed by atoms with E-state index in [2.05, 4.69) is 209 Å². The van der Waals surface area contributed by atoms with Crippen molar-refractivity contribution in [3.8, 4) is 44.5 Å². The van der Waals surface area contributed by atoms with Gasteiger partial charge in [-0.2, -0.15) is 0 Å². The summed E-state index contributed by atoms with van der Waals surface area (Å²) in [5.41, 5.74) is 19.1. The van der Waals surface area contributed by atoms with Crippen molar-refractivity contribution in [2.24, 2.45) is 0 Å². The maximum absolute atomic E-state index is 2.49. The van der Waals surface area contributed by atoms with Crippen LogP contribution in [0.5, 0.6) is 0 Å². The van der Waals surface area contributed by atoms with Crippen LogP contribution in [0.1, 0.15) is 49.9 Å². The molecule has 0 amide bonds. The number of hydrogen-bond acceptors (Lipinski definition) is 2. The van der Waals surface area contributed by atoms with Crippen LogP contribution in [0.25, 0.3) is 64.7 Å². The minimum atomic E-state index is -0.171. The number of nitrogens with zero attached hydrogens (tertiary/aromatic N) is 1. The third kappa shape index (κ3) is 4.79. The van der Waals surface area contributed by atoms with Crippen LogP contribution in [0.15, 0.2) is 176 Å². The van der Waals surface area contributed by atoms with Crippen LogP contribution >= 0.6 is 11.3 Å². The topological polar surface area (TPSA) is 3.24 Å². The molecule has 0 aliphatic heterocycles. The highest BCUT2D eigenvalue weighted by Crippen LogP contribution is 2.55. The molecule has 1 aromatic heterocycles. The van der Waals surface area contributed by atoms with Crippen LogP contribution in [-0.2, 0) is 10.8 Å². The molecule has 0 spiro atoms. The zero-order chi connectivity index (χ0) is 37.8. The van der Waals surface area contributed by atoms with E-state index in [1.54, 1.807) is 0 Å². The fourth-order valence-corrected chi connectivity index (χ4v) is 11.2. The number of hydrogen-bond donors (Lipinski definition) is 0. The van der Waals surface area contributed by atoms with Gasteiger partial charge in [-0.1, -0.05) is 161 Å². The number of thiophene rings is 1. The zero-order valence-electron chi connectivity index (χ0n) is 32.1. The number of anilines is 3. The fourth-order valence-electron chi connectivity index (χ4n) is 9.92. The third-order valence-electron chi connectivity index (χ3n) is 12.7. The molecule has 0 radical (unpaired) electrons. The van der Waals surface area contributed by atoms with Crippen molar-refractivity contribution in [1.82, 2.24) is 0 Å². The molecule has 1 heterocycles. The Morgan fingerprint density at radius 1 is 0.393 bits per heavy atom. The molecule has 268 valence electrons. The predicted octanol–water partition coefficient (Wildman–Crippen LogP) is 15.5. The average Bonchev–Trinajstić information content (AvgIpc) is 3.81. The second-order valence-electron chi connectivity index (χ2n) is 16.5. The lowest BCUT2D eigenvalue weighted by atomic mass is 9.81. The lowest BCUT2D eigenvalue weighted by Gasteiger charge is -2.32. The molecule has 0 fully saturated rings. The first kappa shape index (κ1) is 33.1. The van der Waals surface area contributed by atoms with Gasteiger partial charge in [0.05, 0.1) is 5.69 Å². The summed E-state index contributed by atoms with van der Waals surface area (Å²) < 4.78 is 2.67. The number of fused-ring (bicyclic) bond motifs is 9. The Bertz CT molecular complexity index is 3030. The zero-order valence-corrected chi connectivity index (χ0v) is 32.9. The second-order valence-corrected chi connectivity index (χ2v) is 17.6. The van der Waals surface area contributed by atoms with Crippen molar-refractivity contribution in [2.75, 3.05) is 4.90 Å². The van der Waals surface area contributed by atoms with Gasteiger partial charge in [-0.05, 0) is 109 Å². The predicted molar refractivity (Wildman–Crippen MR) is 240 cm³/mol. The molecule has 2 aliphatic carbocycles. The van der Waals surface area contributed by atoms with E-state index in [-0.39, 0.29) is 10.8 Å². The molecule has 0 unspecified atom stereocenters. The lowest BCUT2D eigenvalue weighted by Crippen LogP contribution is -2.20. The lowest BCUT2D eigenvalue weighted by molar-refractivity contribution is 0.660. The molecular formula is C54H41NS.